The van der Waals surface area contributed by atoms with Gasteiger partial charge in [0.25, 0.3) is 5.56 Å². The van der Waals surface area contributed by atoms with Gasteiger partial charge in [0.2, 0.25) is 5.91 Å². The fraction of sp³-hybridized carbons (Fsp3) is 0.130. The Balaban J connectivity index is 1.58. The molecule has 7 nitrogen and oxygen atoms in total. The fourth-order valence-corrected chi connectivity index (χ4v) is 3.42. The van der Waals surface area contributed by atoms with Gasteiger partial charge in [-0.15, -0.1) is 0 Å². The lowest BCUT2D eigenvalue weighted by molar-refractivity contribution is -0.115. The Kier molecular flexibility index (Phi) is 5.02. The van der Waals surface area contributed by atoms with Crippen LogP contribution < -0.4 is 16.6 Å². The second kappa shape index (κ2) is 7.79. The molecule has 4 aromatic rings. The van der Waals surface area contributed by atoms with E-state index in [0.29, 0.717) is 5.69 Å². The first-order valence-corrected chi connectivity index (χ1v) is 9.44. The molecule has 7 heteroatoms. The number of hydrogen-bond acceptors (Lipinski definition) is 4. The monoisotopic (exact) mass is 400 g/mol. The molecule has 150 valence electrons. The van der Waals surface area contributed by atoms with Crippen LogP contribution in [0.5, 0.6) is 0 Å². The number of carbonyl (C=O) groups is 1. The zero-order chi connectivity index (χ0) is 21.3. The molecule has 2 aromatic carbocycles. The summed E-state index contributed by atoms with van der Waals surface area (Å²) in [6.45, 7) is 0. The summed E-state index contributed by atoms with van der Waals surface area (Å²) in [7, 11) is 2.94. The largest absolute Gasteiger partial charge is 0.332 e. The van der Waals surface area contributed by atoms with E-state index in [4.69, 9.17) is 0 Å². The Morgan fingerprint density at radius 2 is 1.57 bits per heavy atom. The molecule has 0 aliphatic rings. The normalized spacial score (nSPS) is 10.9. The number of amides is 1. The number of nitrogens with one attached hydrogen (secondary N) is 1. The summed E-state index contributed by atoms with van der Waals surface area (Å²) in [6.07, 6.45) is 1.62. The van der Waals surface area contributed by atoms with Gasteiger partial charge < -0.3 is 5.32 Å². The van der Waals surface area contributed by atoms with E-state index in [9.17, 15) is 14.4 Å². The lowest BCUT2D eigenvalue weighted by atomic mass is 10.0. The summed E-state index contributed by atoms with van der Waals surface area (Å²) in [6, 6.07) is 19.3. The minimum Gasteiger partial charge on any atom is -0.325 e. The Bertz CT molecular complexity index is 1350. The molecule has 0 unspecified atom stereocenters. The average Bonchev–Trinajstić information content (AvgIpc) is 2.77. The van der Waals surface area contributed by atoms with Crippen LogP contribution in [0, 0.1) is 0 Å². The zero-order valence-corrected chi connectivity index (χ0v) is 16.6. The van der Waals surface area contributed by atoms with Gasteiger partial charge in [0.15, 0.2) is 5.65 Å². The third-order valence-corrected chi connectivity index (χ3v) is 5.04. The Morgan fingerprint density at radius 1 is 0.900 bits per heavy atom. The first kappa shape index (κ1) is 19.3. The molecule has 2 heterocycles. The van der Waals surface area contributed by atoms with E-state index >= 15 is 0 Å². The van der Waals surface area contributed by atoms with Crippen LogP contribution in [0.15, 0.2) is 76.4 Å². The molecule has 0 atom stereocenters. The van der Waals surface area contributed by atoms with Crippen molar-refractivity contribution in [1.29, 1.82) is 0 Å². The number of anilines is 1. The van der Waals surface area contributed by atoms with Crippen molar-refractivity contribution >= 4 is 22.6 Å². The van der Waals surface area contributed by atoms with Crippen LogP contribution in [0.1, 0.15) is 5.56 Å². The predicted molar refractivity (Wildman–Crippen MR) is 116 cm³/mol. The van der Waals surface area contributed by atoms with E-state index in [-0.39, 0.29) is 23.4 Å². The van der Waals surface area contributed by atoms with Gasteiger partial charge in [-0.3, -0.25) is 18.7 Å². The molecule has 0 aliphatic carbocycles. The van der Waals surface area contributed by atoms with E-state index in [1.165, 1.54) is 24.9 Å². The fourth-order valence-electron chi connectivity index (χ4n) is 3.42. The van der Waals surface area contributed by atoms with Crippen molar-refractivity contribution in [1.82, 2.24) is 14.1 Å². The van der Waals surface area contributed by atoms with Gasteiger partial charge in [-0.1, -0.05) is 54.6 Å². The van der Waals surface area contributed by atoms with Gasteiger partial charge in [-0.2, -0.15) is 0 Å². The maximum absolute atomic E-state index is 12.6. The van der Waals surface area contributed by atoms with E-state index in [2.05, 4.69) is 10.3 Å². The number of fused-ring (bicyclic) bond motifs is 1. The topological polar surface area (TPSA) is 86.0 Å². The number of aryl methyl sites for hydroxylation is 1. The number of aromatic nitrogens is 3. The van der Waals surface area contributed by atoms with E-state index < -0.39 is 11.2 Å². The summed E-state index contributed by atoms with van der Waals surface area (Å²) < 4.78 is 2.29. The number of pyridine rings is 1. The van der Waals surface area contributed by atoms with Crippen LogP contribution in [0.25, 0.3) is 22.2 Å². The second-order valence-electron chi connectivity index (χ2n) is 7.05. The third-order valence-electron chi connectivity index (χ3n) is 5.04. The number of benzene rings is 2. The molecular formula is C23H20N4O3. The number of nitrogens with zero attached hydrogens (tertiary/aromatic N) is 3. The maximum atomic E-state index is 12.6. The molecule has 0 spiro atoms. The summed E-state index contributed by atoms with van der Waals surface area (Å²) in [4.78, 5) is 41.5. The van der Waals surface area contributed by atoms with Crippen molar-refractivity contribution in [3.05, 3.63) is 93.3 Å². The van der Waals surface area contributed by atoms with Crippen LogP contribution in [-0.2, 0) is 25.3 Å². The average molecular weight is 400 g/mol. The molecule has 0 saturated carbocycles. The number of rotatable bonds is 4. The smallest absolute Gasteiger partial charge is 0.325 e. The molecule has 0 radical (unpaired) electrons. The third kappa shape index (κ3) is 3.53. The van der Waals surface area contributed by atoms with Crippen molar-refractivity contribution in [3.63, 3.8) is 0 Å². The predicted octanol–water partition coefficient (Wildman–Crippen LogP) is 2.48. The maximum Gasteiger partial charge on any atom is 0.332 e. The van der Waals surface area contributed by atoms with Gasteiger partial charge in [0, 0.05) is 20.3 Å². The molecule has 0 aliphatic heterocycles. The van der Waals surface area contributed by atoms with Gasteiger partial charge in [-0.25, -0.2) is 9.78 Å². The molecule has 1 amide bonds. The second-order valence-corrected chi connectivity index (χ2v) is 7.05. The molecule has 0 fully saturated rings. The summed E-state index contributed by atoms with van der Waals surface area (Å²) in [5.74, 6) is -0.258. The van der Waals surface area contributed by atoms with Crippen molar-refractivity contribution in [3.8, 4) is 11.1 Å². The molecular weight excluding hydrogens is 380 g/mol. The van der Waals surface area contributed by atoms with Crippen molar-refractivity contribution in [2.45, 2.75) is 6.42 Å². The summed E-state index contributed by atoms with van der Waals surface area (Å²) in [5, 5.41) is 2.99. The van der Waals surface area contributed by atoms with Gasteiger partial charge >= 0.3 is 5.69 Å². The van der Waals surface area contributed by atoms with Crippen LogP contribution in [0.3, 0.4) is 0 Å². The summed E-state index contributed by atoms with van der Waals surface area (Å²) >= 11 is 0. The lowest BCUT2D eigenvalue weighted by Gasteiger charge is -2.11. The van der Waals surface area contributed by atoms with E-state index in [1.54, 1.807) is 6.07 Å². The molecule has 0 bridgehead atoms. The van der Waals surface area contributed by atoms with Crippen LogP contribution in [0.4, 0.5) is 5.69 Å². The minimum absolute atomic E-state index is 0.158. The first-order chi connectivity index (χ1) is 14.5. The molecule has 2 aromatic heterocycles. The van der Waals surface area contributed by atoms with Gasteiger partial charge in [-0.05, 0) is 22.8 Å². The lowest BCUT2D eigenvalue weighted by Crippen LogP contribution is -2.37. The highest BCUT2D eigenvalue weighted by Crippen LogP contribution is 2.20. The molecule has 1 N–H and O–H groups in total. The highest BCUT2D eigenvalue weighted by molar-refractivity contribution is 6.00. The zero-order valence-electron chi connectivity index (χ0n) is 16.6. The molecule has 30 heavy (non-hydrogen) atoms. The van der Waals surface area contributed by atoms with Crippen molar-refractivity contribution < 1.29 is 4.79 Å². The van der Waals surface area contributed by atoms with Crippen LogP contribution in [-0.4, -0.2) is 20.0 Å². The Labute approximate surface area is 172 Å². The van der Waals surface area contributed by atoms with Crippen molar-refractivity contribution in [2.75, 3.05) is 5.32 Å². The van der Waals surface area contributed by atoms with Gasteiger partial charge in [0.1, 0.15) is 5.39 Å². The first-order valence-electron chi connectivity index (χ1n) is 9.44. The van der Waals surface area contributed by atoms with Crippen molar-refractivity contribution in [2.24, 2.45) is 14.1 Å². The highest BCUT2D eigenvalue weighted by atomic mass is 16.2. The van der Waals surface area contributed by atoms with Crippen LogP contribution in [0.2, 0.25) is 0 Å². The summed E-state index contributed by atoms with van der Waals surface area (Å²) in [5.41, 5.74) is 2.63. The Hall–Kier alpha value is -4.00. The van der Waals surface area contributed by atoms with E-state index in [1.807, 2.05) is 54.6 Å². The van der Waals surface area contributed by atoms with Crippen LogP contribution >= 0.6 is 0 Å². The quantitative estimate of drug-likeness (QED) is 0.570. The van der Waals surface area contributed by atoms with E-state index in [0.717, 1.165) is 21.3 Å². The molecule has 0 saturated heterocycles. The standard InChI is InChI=1S/C23H20N4O3/c1-26-21-20(22(29)27(2)23(26)30)18(12-13-24-21)25-19(28)14-15-8-10-17(11-9-15)16-6-4-3-5-7-16/h3-13H,14H2,1-2H3,(H,24,25,28). The van der Waals surface area contributed by atoms with Gasteiger partial charge in [0.05, 0.1) is 12.1 Å². The highest BCUT2D eigenvalue weighted by Gasteiger charge is 2.15. The minimum atomic E-state index is -0.497. The number of hydrogen-bond donors (Lipinski definition) is 1. The molecule has 4 rings (SSSR count). The SMILES string of the molecule is Cn1c(=O)c2c(NC(=O)Cc3ccc(-c4ccccc4)cc3)ccnc2n(C)c1=O. The number of carbonyl (C=O) groups excluding carboxylic acids is 1. The Morgan fingerprint density at radius 3 is 2.27 bits per heavy atom.